The zero-order valence-electron chi connectivity index (χ0n) is 4.81. The van der Waals surface area contributed by atoms with E-state index in [2.05, 4.69) is 0 Å². The summed E-state index contributed by atoms with van der Waals surface area (Å²) in [5.74, 6) is 0. The molecule has 0 amide bonds. The third-order valence-corrected chi connectivity index (χ3v) is 0.943. The van der Waals surface area contributed by atoms with Crippen LogP contribution >= 0.6 is 0 Å². The number of nitrogens with two attached hydrogens (primary N) is 1. The number of hydrogen-bond donors (Lipinski definition) is 2. The lowest BCUT2D eigenvalue weighted by Crippen LogP contribution is -2.23. The van der Waals surface area contributed by atoms with Gasteiger partial charge in [-0.3, -0.25) is 4.39 Å². The Morgan fingerprint density at radius 1 is 1.62 bits per heavy atom. The molecule has 8 heavy (non-hydrogen) atoms. The van der Waals surface area contributed by atoms with E-state index in [-0.39, 0.29) is 19.3 Å². The second-order valence-corrected chi connectivity index (χ2v) is 1.77. The first kappa shape index (κ1) is 7.85. The Labute approximate surface area is 48.5 Å². The minimum atomic E-state index is -0.340. The molecule has 0 bridgehead atoms. The standard InChI is InChI=1S/C5H12FNO/c6-3-1-2-5(7)4-8/h5,8H,1-4,7H2. The van der Waals surface area contributed by atoms with Gasteiger partial charge in [-0.05, 0) is 12.8 Å². The minimum Gasteiger partial charge on any atom is -0.395 e. The number of aliphatic hydroxyl groups is 1. The van der Waals surface area contributed by atoms with Crippen molar-refractivity contribution in [3.63, 3.8) is 0 Å². The van der Waals surface area contributed by atoms with Crippen LogP contribution in [0.5, 0.6) is 0 Å². The molecule has 0 spiro atoms. The number of halogens is 1. The summed E-state index contributed by atoms with van der Waals surface area (Å²) in [5.41, 5.74) is 5.24. The predicted octanol–water partition coefficient (Wildman–Crippen LogP) is 0.0557. The monoisotopic (exact) mass is 121 g/mol. The van der Waals surface area contributed by atoms with Crippen LogP contribution in [0.15, 0.2) is 0 Å². The molecule has 0 fully saturated rings. The van der Waals surface area contributed by atoms with Crippen molar-refractivity contribution in [2.75, 3.05) is 13.3 Å². The first-order chi connectivity index (χ1) is 3.81. The van der Waals surface area contributed by atoms with Gasteiger partial charge >= 0.3 is 0 Å². The van der Waals surface area contributed by atoms with Gasteiger partial charge in [-0.2, -0.15) is 0 Å². The van der Waals surface area contributed by atoms with Crippen LogP contribution in [0.25, 0.3) is 0 Å². The molecule has 3 heteroatoms. The van der Waals surface area contributed by atoms with Gasteiger partial charge < -0.3 is 10.8 Å². The molecule has 0 aromatic heterocycles. The molecule has 0 aromatic carbocycles. The van der Waals surface area contributed by atoms with Crippen LogP contribution in [0.1, 0.15) is 12.8 Å². The van der Waals surface area contributed by atoms with E-state index in [1.54, 1.807) is 0 Å². The van der Waals surface area contributed by atoms with Gasteiger partial charge in [0.15, 0.2) is 0 Å². The first-order valence-electron chi connectivity index (χ1n) is 2.73. The Morgan fingerprint density at radius 3 is 2.62 bits per heavy atom. The molecule has 0 aliphatic heterocycles. The summed E-state index contributed by atoms with van der Waals surface area (Å²) in [7, 11) is 0. The van der Waals surface area contributed by atoms with E-state index in [1.165, 1.54) is 0 Å². The van der Waals surface area contributed by atoms with E-state index < -0.39 is 0 Å². The highest BCUT2D eigenvalue weighted by molar-refractivity contribution is 4.56. The molecule has 0 saturated carbocycles. The van der Waals surface area contributed by atoms with Gasteiger partial charge in [0.1, 0.15) is 0 Å². The minimum absolute atomic E-state index is 0.0417. The average molecular weight is 121 g/mol. The van der Waals surface area contributed by atoms with Crippen LogP contribution in [0.3, 0.4) is 0 Å². The molecule has 0 aromatic rings. The van der Waals surface area contributed by atoms with Gasteiger partial charge in [-0.25, -0.2) is 0 Å². The summed E-state index contributed by atoms with van der Waals surface area (Å²) in [6.45, 7) is -0.381. The van der Waals surface area contributed by atoms with Gasteiger partial charge in [-0.1, -0.05) is 0 Å². The lowest BCUT2D eigenvalue weighted by molar-refractivity contribution is 0.255. The van der Waals surface area contributed by atoms with Crippen LogP contribution < -0.4 is 5.73 Å². The van der Waals surface area contributed by atoms with E-state index in [4.69, 9.17) is 10.8 Å². The van der Waals surface area contributed by atoms with Crippen LogP contribution in [-0.4, -0.2) is 24.4 Å². The maximum atomic E-state index is 11.4. The molecule has 3 N–H and O–H groups in total. The summed E-state index contributed by atoms with van der Waals surface area (Å²) in [5, 5.41) is 8.31. The Balaban J connectivity index is 2.86. The van der Waals surface area contributed by atoms with E-state index in [9.17, 15) is 4.39 Å². The van der Waals surface area contributed by atoms with Crippen molar-refractivity contribution >= 4 is 0 Å². The second-order valence-electron chi connectivity index (χ2n) is 1.77. The Morgan fingerprint density at radius 2 is 2.25 bits per heavy atom. The molecule has 50 valence electrons. The van der Waals surface area contributed by atoms with Crippen molar-refractivity contribution in [2.24, 2.45) is 5.73 Å². The summed E-state index contributed by atoms with van der Waals surface area (Å²) < 4.78 is 11.4. The fraction of sp³-hybridized carbons (Fsp3) is 1.00. The van der Waals surface area contributed by atoms with E-state index in [1.807, 2.05) is 0 Å². The van der Waals surface area contributed by atoms with Crippen LogP contribution in [0.4, 0.5) is 4.39 Å². The summed E-state index contributed by atoms with van der Waals surface area (Å²) in [6, 6.07) is -0.231. The number of rotatable bonds is 4. The van der Waals surface area contributed by atoms with Crippen molar-refractivity contribution in [3.05, 3.63) is 0 Å². The molecule has 0 rings (SSSR count). The predicted molar refractivity (Wildman–Crippen MR) is 30.3 cm³/mol. The van der Waals surface area contributed by atoms with Gasteiger partial charge in [0.25, 0.3) is 0 Å². The third-order valence-electron chi connectivity index (χ3n) is 0.943. The Bertz CT molecular complexity index is 51.7. The quantitative estimate of drug-likeness (QED) is 0.552. The van der Waals surface area contributed by atoms with Gasteiger partial charge in [-0.15, -0.1) is 0 Å². The average Bonchev–Trinajstić information content (AvgIpc) is 1.83. The van der Waals surface area contributed by atoms with Crippen molar-refractivity contribution < 1.29 is 9.50 Å². The highest BCUT2D eigenvalue weighted by atomic mass is 19.1. The number of alkyl halides is 1. The zero-order valence-corrected chi connectivity index (χ0v) is 4.81. The van der Waals surface area contributed by atoms with Crippen molar-refractivity contribution in [1.82, 2.24) is 0 Å². The summed E-state index contributed by atoms with van der Waals surface area (Å²) >= 11 is 0. The highest BCUT2D eigenvalue weighted by Gasteiger charge is 1.97. The van der Waals surface area contributed by atoms with Crippen molar-refractivity contribution in [3.8, 4) is 0 Å². The van der Waals surface area contributed by atoms with E-state index >= 15 is 0 Å². The van der Waals surface area contributed by atoms with Crippen LogP contribution in [0, 0.1) is 0 Å². The fourth-order valence-electron chi connectivity index (χ4n) is 0.431. The van der Waals surface area contributed by atoms with Gasteiger partial charge in [0.2, 0.25) is 0 Å². The SMILES string of the molecule is NC(CO)CCCF. The molecule has 1 atom stereocenters. The van der Waals surface area contributed by atoms with Gasteiger partial charge in [0, 0.05) is 6.04 Å². The van der Waals surface area contributed by atoms with Crippen LogP contribution in [0.2, 0.25) is 0 Å². The van der Waals surface area contributed by atoms with Gasteiger partial charge in [0.05, 0.1) is 13.3 Å². The van der Waals surface area contributed by atoms with Crippen LogP contribution in [-0.2, 0) is 0 Å². The normalized spacial score (nSPS) is 13.9. The van der Waals surface area contributed by atoms with E-state index in [0.717, 1.165) is 0 Å². The highest BCUT2D eigenvalue weighted by Crippen LogP contribution is 1.92. The maximum Gasteiger partial charge on any atom is 0.0895 e. The molecule has 1 unspecified atom stereocenters. The first-order valence-corrected chi connectivity index (χ1v) is 2.73. The van der Waals surface area contributed by atoms with Crippen molar-refractivity contribution in [1.29, 1.82) is 0 Å². The lowest BCUT2D eigenvalue weighted by Gasteiger charge is -2.03. The summed E-state index contributed by atoms with van der Waals surface area (Å²) in [6.07, 6.45) is 1.04. The second kappa shape index (κ2) is 5.00. The zero-order chi connectivity index (χ0) is 6.41. The molecule has 0 heterocycles. The van der Waals surface area contributed by atoms with E-state index in [0.29, 0.717) is 12.8 Å². The third kappa shape index (κ3) is 4.02. The Hall–Kier alpha value is -0.150. The molecule has 0 saturated heterocycles. The largest absolute Gasteiger partial charge is 0.395 e. The molecule has 2 nitrogen and oxygen atoms in total. The number of hydrogen-bond acceptors (Lipinski definition) is 2. The fourth-order valence-corrected chi connectivity index (χ4v) is 0.431. The lowest BCUT2D eigenvalue weighted by atomic mass is 10.2. The molecular weight excluding hydrogens is 109 g/mol. The number of aliphatic hydroxyl groups excluding tert-OH is 1. The molecule has 0 aliphatic carbocycles. The smallest absolute Gasteiger partial charge is 0.0895 e. The Kier molecular flexibility index (Phi) is 4.90. The van der Waals surface area contributed by atoms with Crippen molar-refractivity contribution in [2.45, 2.75) is 18.9 Å². The maximum absolute atomic E-state index is 11.4. The molecular formula is C5H12FNO. The topological polar surface area (TPSA) is 46.2 Å². The summed E-state index contributed by atoms with van der Waals surface area (Å²) in [4.78, 5) is 0. The molecule has 0 radical (unpaired) electrons. The molecule has 0 aliphatic rings.